The van der Waals surface area contributed by atoms with Gasteiger partial charge in [0.2, 0.25) is 5.95 Å². The average molecular weight is 378 g/mol. The molecule has 9 heteroatoms. The van der Waals surface area contributed by atoms with Gasteiger partial charge >= 0.3 is 0 Å². The zero-order valence-corrected chi connectivity index (χ0v) is 15.7. The summed E-state index contributed by atoms with van der Waals surface area (Å²) in [6, 6.07) is 3.55. The number of piperazine rings is 1. The van der Waals surface area contributed by atoms with Gasteiger partial charge in [0.1, 0.15) is 16.9 Å². The summed E-state index contributed by atoms with van der Waals surface area (Å²) in [7, 11) is 0. The lowest BCUT2D eigenvalue weighted by molar-refractivity contribution is 0.572. The van der Waals surface area contributed by atoms with Gasteiger partial charge < -0.3 is 16.0 Å². The van der Waals surface area contributed by atoms with Crippen molar-refractivity contribution in [3.8, 4) is 11.8 Å². The number of nitrogens with two attached hydrogens (primary N) is 1. The first-order valence-corrected chi connectivity index (χ1v) is 9.19. The first-order valence-electron chi connectivity index (χ1n) is 9.19. The summed E-state index contributed by atoms with van der Waals surface area (Å²) < 4.78 is 3.33. The fraction of sp³-hybridized carbons (Fsp3) is 0.368. The first-order chi connectivity index (χ1) is 13.7. The maximum absolute atomic E-state index is 13.2. The Hall–Kier alpha value is -3.38. The second-order valence-corrected chi connectivity index (χ2v) is 6.59. The molecule has 4 rings (SSSR count). The summed E-state index contributed by atoms with van der Waals surface area (Å²) in [5, 5.41) is 7.64. The molecule has 1 aliphatic rings. The van der Waals surface area contributed by atoms with E-state index < -0.39 is 0 Å². The number of anilines is 2. The molecule has 0 radical (unpaired) electrons. The third kappa shape index (κ3) is 3.42. The molecule has 1 saturated heterocycles. The monoisotopic (exact) mass is 378 g/mol. The third-order valence-electron chi connectivity index (χ3n) is 4.72. The van der Waals surface area contributed by atoms with E-state index in [-0.39, 0.29) is 5.56 Å². The molecule has 0 aliphatic carbocycles. The number of nitrogens with zero attached hydrogens (tertiary/aromatic N) is 6. The van der Waals surface area contributed by atoms with E-state index in [1.54, 1.807) is 25.4 Å². The van der Waals surface area contributed by atoms with Crippen LogP contribution in [0.3, 0.4) is 0 Å². The number of rotatable bonds is 4. The summed E-state index contributed by atoms with van der Waals surface area (Å²) in [5.74, 6) is 7.18. The topological polar surface area (TPSA) is 107 Å². The van der Waals surface area contributed by atoms with Gasteiger partial charge in [0, 0.05) is 32.4 Å². The fourth-order valence-electron chi connectivity index (χ4n) is 3.30. The zero-order chi connectivity index (χ0) is 19.5. The molecule has 4 heterocycles. The van der Waals surface area contributed by atoms with E-state index in [1.807, 2.05) is 10.6 Å². The minimum atomic E-state index is -0.193. The number of imidazole rings is 1. The Balaban J connectivity index is 1.79. The van der Waals surface area contributed by atoms with Crippen molar-refractivity contribution < 1.29 is 0 Å². The first kappa shape index (κ1) is 18.0. The molecule has 0 unspecified atom stereocenters. The second kappa shape index (κ2) is 7.70. The molecule has 144 valence electrons. The van der Waals surface area contributed by atoms with Crippen molar-refractivity contribution in [2.24, 2.45) is 0 Å². The molecule has 9 nitrogen and oxygen atoms in total. The molecule has 3 aromatic heterocycles. The number of nitrogen functional groups attached to an aromatic ring is 1. The van der Waals surface area contributed by atoms with Gasteiger partial charge in [0.05, 0.1) is 19.3 Å². The van der Waals surface area contributed by atoms with Gasteiger partial charge in [-0.15, -0.1) is 5.92 Å². The number of pyridine rings is 1. The van der Waals surface area contributed by atoms with Gasteiger partial charge in [-0.2, -0.15) is 5.10 Å². The molecule has 0 aromatic carbocycles. The molecule has 28 heavy (non-hydrogen) atoms. The SMILES string of the molecule is CC#CCn1c(N2CCNCC2)nc2cnn(Cc3ccc(N)nc3)c(=O)c21. The molecule has 1 aliphatic heterocycles. The Bertz CT molecular complexity index is 1100. The van der Waals surface area contributed by atoms with Crippen LogP contribution in [0.15, 0.2) is 29.3 Å². The van der Waals surface area contributed by atoms with Crippen LogP contribution in [0.1, 0.15) is 12.5 Å². The lowest BCUT2D eigenvalue weighted by Gasteiger charge is -2.28. The van der Waals surface area contributed by atoms with Crippen LogP contribution in [0.5, 0.6) is 0 Å². The molecule has 0 saturated carbocycles. The van der Waals surface area contributed by atoms with Crippen LogP contribution in [0, 0.1) is 11.8 Å². The van der Waals surface area contributed by atoms with Gasteiger partial charge in [0.15, 0.2) is 0 Å². The van der Waals surface area contributed by atoms with E-state index in [1.165, 1.54) is 4.68 Å². The predicted molar refractivity (Wildman–Crippen MR) is 108 cm³/mol. The van der Waals surface area contributed by atoms with Gasteiger partial charge in [-0.3, -0.25) is 9.36 Å². The minimum absolute atomic E-state index is 0.193. The van der Waals surface area contributed by atoms with Crippen molar-refractivity contribution in [2.45, 2.75) is 20.0 Å². The molecular weight excluding hydrogens is 356 g/mol. The quantitative estimate of drug-likeness (QED) is 0.618. The zero-order valence-electron chi connectivity index (χ0n) is 15.7. The van der Waals surface area contributed by atoms with Gasteiger partial charge in [-0.25, -0.2) is 14.6 Å². The summed E-state index contributed by atoms with van der Waals surface area (Å²) in [4.78, 5) is 24.2. The van der Waals surface area contributed by atoms with Crippen molar-refractivity contribution in [3.05, 3.63) is 40.4 Å². The summed E-state index contributed by atoms with van der Waals surface area (Å²) in [6.45, 7) is 5.95. The van der Waals surface area contributed by atoms with Crippen molar-refractivity contribution >= 4 is 22.8 Å². The van der Waals surface area contributed by atoms with E-state index in [0.29, 0.717) is 29.9 Å². The van der Waals surface area contributed by atoms with Crippen LogP contribution >= 0.6 is 0 Å². The van der Waals surface area contributed by atoms with Crippen LogP contribution in [-0.2, 0) is 13.1 Å². The summed E-state index contributed by atoms with van der Waals surface area (Å²) >= 11 is 0. The van der Waals surface area contributed by atoms with E-state index in [2.05, 4.69) is 32.1 Å². The lowest BCUT2D eigenvalue weighted by atomic mass is 10.3. The van der Waals surface area contributed by atoms with E-state index in [9.17, 15) is 4.79 Å². The molecule has 0 atom stereocenters. The predicted octanol–water partition coefficient (Wildman–Crippen LogP) is 0.0514. The molecular formula is C19H22N8O. The molecule has 0 spiro atoms. The number of hydrogen-bond acceptors (Lipinski definition) is 7. The van der Waals surface area contributed by atoms with E-state index in [0.717, 1.165) is 37.7 Å². The van der Waals surface area contributed by atoms with Crippen LogP contribution in [0.25, 0.3) is 11.0 Å². The van der Waals surface area contributed by atoms with Crippen molar-refractivity contribution in [1.82, 2.24) is 29.6 Å². The third-order valence-corrected chi connectivity index (χ3v) is 4.72. The fourth-order valence-corrected chi connectivity index (χ4v) is 3.30. The van der Waals surface area contributed by atoms with Crippen LogP contribution in [0.4, 0.5) is 11.8 Å². The maximum atomic E-state index is 13.2. The second-order valence-electron chi connectivity index (χ2n) is 6.59. The highest BCUT2D eigenvalue weighted by Gasteiger charge is 2.21. The molecule has 3 N–H and O–H groups in total. The Morgan fingerprint density at radius 2 is 2.07 bits per heavy atom. The normalized spacial score (nSPS) is 14.1. The molecule has 0 bridgehead atoms. The Labute approximate surface area is 162 Å². The molecule has 3 aromatic rings. The Kier molecular flexibility index (Phi) is 4.95. The number of aromatic nitrogens is 5. The van der Waals surface area contributed by atoms with Crippen LogP contribution in [0.2, 0.25) is 0 Å². The molecule has 0 amide bonds. The Morgan fingerprint density at radius 1 is 1.25 bits per heavy atom. The standard InChI is InChI=1S/C19H22N8O/c1-2-3-8-26-17-15(24-19(26)25-9-6-21-7-10-25)12-23-27(18(17)28)13-14-4-5-16(20)22-11-14/h4-5,11-12,21H,6-10,13H2,1H3,(H2,20,22). The van der Waals surface area contributed by atoms with Crippen molar-refractivity contribution in [3.63, 3.8) is 0 Å². The number of hydrogen-bond donors (Lipinski definition) is 2. The van der Waals surface area contributed by atoms with Crippen molar-refractivity contribution in [1.29, 1.82) is 0 Å². The van der Waals surface area contributed by atoms with Gasteiger partial charge in [-0.05, 0) is 18.6 Å². The maximum Gasteiger partial charge on any atom is 0.293 e. The highest BCUT2D eigenvalue weighted by Crippen LogP contribution is 2.20. The number of fused-ring (bicyclic) bond motifs is 1. The molecule has 1 fully saturated rings. The lowest BCUT2D eigenvalue weighted by Crippen LogP contribution is -2.44. The average Bonchev–Trinajstić information content (AvgIpc) is 3.10. The largest absolute Gasteiger partial charge is 0.384 e. The summed E-state index contributed by atoms with van der Waals surface area (Å²) in [6.07, 6.45) is 3.29. The van der Waals surface area contributed by atoms with Crippen LogP contribution < -0.4 is 21.5 Å². The van der Waals surface area contributed by atoms with E-state index in [4.69, 9.17) is 10.7 Å². The summed E-state index contributed by atoms with van der Waals surface area (Å²) in [5.41, 5.74) is 7.40. The highest BCUT2D eigenvalue weighted by atomic mass is 16.1. The van der Waals surface area contributed by atoms with Gasteiger partial charge in [-0.1, -0.05) is 12.0 Å². The minimum Gasteiger partial charge on any atom is -0.384 e. The van der Waals surface area contributed by atoms with Crippen molar-refractivity contribution in [2.75, 3.05) is 36.8 Å². The number of nitrogens with one attached hydrogen (secondary N) is 1. The Morgan fingerprint density at radius 3 is 2.79 bits per heavy atom. The van der Waals surface area contributed by atoms with E-state index >= 15 is 0 Å². The van der Waals surface area contributed by atoms with Crippen LogP contribution in [-0.4, -0.2) is 50.5 Å². The highest BCUT2D eigenvalue weighted by molar-refractivity contribution is 5.77. The van der Waals surface area contributed by atoms with Gasteiger partial charge in [0.25, 0.3) is 5.56 Å². The smallest absolute Gasteiger partial charge is 0.293 e.